The topological polar surface area (TPSA) is 32.7 Å². The fraction of sp³-hybridized carbons (Fsp3) is 0.333. The number of nitrogens with zero attached hydrogens (tertiary/aromatic N) is 1. The molecule has 0 saturated carbocycles. The van der Waals surface area contributed by atoms with Crippen molar-refractivity contribution in [2.45, 2.75) is 12.5 Å². The highest BCUT2D eigenvalue weighted by Gasteiger charge is 2.36. The number of ether oxygens (including phenoxy) is 1. The number of anilines is 1. The number of aliphatic hydroxyl groups is 1. The molecule has 1 aliphatic rings. The number of hydrogen-bond donors (Lipinski definition) is 1. The number of hydrogen-bond acceptors (Lipinski definition) is 3. The summed E-state index contributed by atoms with van der Waals surface area (Å²) in [4.78, 5) is 2.31. The van der Waals surface area contributed by atoms with Crippen molar-refractivity contribution >= 4 is 5.69 Å². The molecule has 1 fully saturated rings. The summed E-state index contributed by atoms with van der Waals surface area (Å²) in [6.07, 6.45) is 1.81. The van der Waals surface area contributed by atoms with Crippen LogP contribution in [0.5, 0.6) is 0 Å². The van der Waals surface area contributed by atoms with Gasteiger partial charge in [0, 0.05) is 24.7 Å². The highest BCUT2D eigenvalue weighted by atomic mass is 16.5. The third kappa shape index (κ3) is 3.10. The zero-order chi connectivity index (χ0) is 17.0. The van der Waals surface area contributed by atoms with Gasteiger partial charge in [-0.15, -0.1) is 6.58 Å². The maximum atomic E-state index is 11.5. The molecule has 0 aliphatic carbocycles. The van der Waals surface area contributed by atoms with Crippen molar-refractivity contribution in [3.8, 4) is 0 Å². The fourth-order valence-corrected chi connectivity index (χ4v) is 3.30. The van der Waals surface area contributed by atoms with Crippen LogP contribution in [0.1, 0.15) is 18.1 Å². The van der Waals surface area contributed by atoms with Gasteiger partial charge >= 0.3 is 0 Å². The maximum absolute atomic E-state index is 11.5. The maximum Gasteiger partial charge on any atom is 0.121 e. The van der Waals surface area contributed by atoms with Gasteiger partial charge in [-0.2, -0.15) is 0 Å². The van der Waals surface area contributed by atoms with Gasteiger partial charge in [-0.25, -0.2) is 0 Å². The smallest absolute Gasteiger partial charge is 0.121 e. The Morgan fingerprint density at radius 2 is 1.62 bits per heavy atom. The minimum Gasteiger partial charge on any atom is -0.380 e. The molecule has 1 saturated heterocycles. The zero-order valence-corrected chi connectivity index (χ0v) is 14.2. The summed E-state index contributed by atoms with van der Waals surface area (Å²) in [5.41, 5.74) is 1.87. The molecule has 2 aromatic carbocycles. The molecule has 2 atom stereocenters. The molecule has 3 heteroatoms. The van der Waals surface area contributed by atoms with E-state index in [1.807, 2.05) is 55.5 Å². The SMILES string of the molecule is C=CC(C)C(O)(c1ccccc1)c1ccc(N2CCOCC2)cc1. The Morgan fingerprint density at radius 3 is 2.21 bits per heavy atom. The van der Waals surface area contributed by atoms with Gasteiger partial charge in [0.25, 0.3) is 0 Å². The third-order valence-electron chi connectivity index (χ3n) is 4.91. The molecule has 3 rings (SSSR count). The second kappa shape index (κ2) is 7.20. The van der Waals surface area contributed by atoms with E-state index >= 15 is 0 Å². The molecule has 1 heterocycles. The van der Waals surface area contributed by atoms with E-state index in [-0.39, 0.29) is 5.92 Å². The van der Waals surface area contributed by atoms with Crippen molar-refractivity contribution in [3.63, 3.8) is 0 Å². The van der Waals surface area contributed by atoms with Crippen molar-refractivity contribution < 1.29 is 9.84 Å². The van der Waals surface area contributed by atoms with E-state index in [4.69, 9.17) is 4.74 Å². The van der Waals surface area contributed by atoms with Crippen LogP contribution in [0.25, 0.3) is 0 Å². The van der Waals surface area contributed by atoms with E-state index in [1.54, 1.807) is 0 Å². The van der Waals surface area contributed by atoms with E-state index < -0.39 is 5.60 Å². The van der Waals surface area contributed by atoms with Crippen LogP contribution in [-0.4, -0.2) is 31.4 Å². The lowest BCUT2D eigenvalue weighted by atomic mass is 9.77. The van der Waals surface area contributed by atoms with Gasteiger partial charge in [-0.1, -0.05) is 55.5 Å². The first-order chi connectivity index (χ1) is 11.7. The summed E-state index contributed by atoms with van der Waals surface area (Å²) in [7, 11) is 0. The normalized spacial score (nSPS) is 18.7. The van der Waals surface area contributed by atoms with Crippen LogP contribution in [0.3, 0.4) is 0 Å². The molecule has 24 heavy (non-hydrogen) atoms. The number of benzene rings is 2. The largest absolute Gasteiger partial charge is 0.380 e. The van der Waals surface area contributed by atoms with Crippen molar-refractivity contribution in [2.75, 3.05) is 31.2 Å². The Hall–Kier alpha value is -2.10. The standard InChI is InChI=1S/C21H25NO2/c1-3-17(2)21(23,18-7-5-4-6-8-18)19-9-11-20(12-10-19)22-13-15-24-16-14-22/h3-12,17,23H,1,13-16H2,2H3. The molecule has 1 aliphatic heterocycles. The van der Waals surface area contributed by atoms with Gasteiger partial charge in [0.05, 0.1) is 13.2 Å². The molecule has 0 radical (unpaired) electrons. The van der Waals surface area contributed by atoms with Crippen LogP contribution in [-0.2, 0) is 10.3 Å². The summed E-state index contributed by atoms with van der Waals surface area (Å²) in [6, 6.07) is 18.0. The zero-order valence-electron chi connectivity index (χ0n) is 14.2. The summed E-state index contributed by atoms with van der Waals surface area (Å²) in [6.45, 7) is 9.23. The Bertz CT molecular complexity index is 662. The van der Waals surface area contributed by atoms with E-state index in [2.05, 4.69) is 23.6 Å². The molecular weight excluding hydrogens is 298 g/mol. The van der Waals surface area contributed by atoms with E-state index in [0.29, 0.717) is 0 Å². The monoisotopic (exact) mass is 323 g/mol. The summed E-state index contributed by atoms with van der Waals surface area (Å²) in [5, 5.41) is 11.5. The molecule has 2 aromatic rings. The average Bonchev–Trinajstić information content (AvgIpc) is 2.68. The first kappa shape index (κ1) is 16.7. The van der Waals surface area contributed by atoms with Gasteiger partial charge in [0.2, 0.25) is 0 Å². The van der Waals surface area contributed by atoms with Crippen molar-refractivity contribution in [1.82, 2.24) is 0 Å². The second-order valence-electron chi connectivity index (χ2n) is 6.30. The van der Waals surface area contributed by atoms with E-state index in [9.17, 15) is 5.11 Å². The van der Waals surface area contributed by atoms with Crippen molar-refractivity contribution in [3.05, 3.63) is 78.4 Å². The summed E-state index contributed by atoms with van der Waals surface area (Å²) < 4.78 is 5.41. The first-order valence-electron chi connectivity index (χ1n) is 8.50. The Balaban J connectivity index is 1.95. The lowest BCUT2D eigenvalue weighted by Crippen LogP contribution is -2.36. The van der Waals surface area contributed by atoms with Gasteiger partial charge in [-0.05, 0) is 23.3 Å². The number of morpholine rings is 1. The second-order valence-corrected chi connectivity index (χ2v) is 6.30. The molecule has 0 spiro atoms. The molecular formula is C21H25NO2. The number of rotatable bonds is 5. The van der Waals surface area contributed by atoms with E-state index in [1.165, 1.54) is 5.69 Å². The molecule has 126 valence electrons. The van der Waals surface area contributed by atoms with Gasteiger partial charge in [0.1, 0.15) is 5.60 Å². The highest BCUT2D eigenvalue weighted by Crippen LogP contribution is 2.38. The van der Waals surface area contributed by atoms with Crippen LogP contribution < -0.4 is 4.90 Å². The van der Waals surface area contributed by atoms with Gasteiger partial charge in [-0.3, -0.25) is 0 Å². The predicted octanol–water partition coefficient (Wildman–Crippen LogP) is 3.58. The summed E-state index contributed by atoms with van der Waals surface area (Å²) in [5.74, 6) is -0.103. The first-order valence-corrected chi connectivity index (χ1v) is 8.50. The van der Waals surface area contributed by atoms with Crippen LogP contribution in [0.4, 0.5) is 5.69 Å². The molecule has 3 nitrogen and oxygen atoms in total. The van der Waals surface area contributed by atoms with Crippen LogP contribution >= 0.6 is 0 Å². The van der Waals surface area contributed by atoms with Crippen molar-refractivity contribution in [2.24, 2.45) is 5.92 Å². The van der Waals surface area contributed by atoms with Crippen LogP contribution in [0, 0.1) is 5.92 Å². The molecule has 2 unspecified atom stereocenters. The Labute approximate surface area is 144 Å². The Morgan fingerprint density at radius 1 is 1.04 bits per heavy atom. The lowest BCUT2D eigenvalue weighted by Gasteiger charge is -2.35. The molecule has 0 aromatic heterocycles. The molecule has 0 bridgehead atoms. The molecule has 0 amide bonds. The third-order valence-corrected chi connectivity index (χ3v) is 4.91. The van der Waals surface area contributed by atoms with Gasteiger partial charge in [0.15, 0.2) is 0 Å². The fourth-order valence-electron chi connectivity index (χ4n) is 3.30. The Kier molecular flexibility index (Phi) is 5.03. The van der Waals surface area contributed by atoms with Gasteiger partial charge < -0.3 is 14.7 Å². The minimum atomic E-state index is -1.08. The van der Waals surface area contributed by atoms with Crippen LogP contribution in [0.2, 0.25) is 0 Å². The quantitative estimate of drug-likeness (QED) is 0.854. The van der Waals surface area contributed by atoms with Crippen molar-refractivity contribution in [1.29, 1.82) is 0 Å². The van der Waals surface area contributed by atoms with E-state index in [0.717, 1.165) is 37.4 Å². The average molecular weight is 323 g/mol. The lowest BCUT2D eigenvalue weighted by molar-refractivity contribution is 0.0435. The van der Waals surface area contributed by atoms with Crippen LogP contribution in [0.15, 0.2) is 67.3 Å². The summed E-state index contributed by atoms with van der Waals surface area (Å²) >= 11 is 0. The minimum absolute atomic E-state index is 0.103. The molecule has 1 N–H and O–H groups in total. The highest BCUT2D eigenvalue weighted by molar-refractivity contribution is 5.50. The predicted molar refractivity (Wildman–Crippen MR) is 98.3 cm³/mol.